The van der Waals surface area contributed by atoms with Gasteiger partial charge < -0.3 is 30.3 Å². The number of amides is 1. The number of aliphatic hydroxyl groups excluding tert-OH is 1. The van der Waals surface area contributed by atoms with Gasteiger partial charge in [0.1, 0.15) is 24.1 Å². The predicted octanol–water partition coefficient (Wildman–Crippen LogP) is 1.68. The van der Waals surface area contributed by atoms with Gasteiger partial charge in [-0.15, -0.1) is 0 Å². The van der Waals surface area contributed by atoms with Crippen molar-refractivity contribution in [2.75, 3.05) is 44.4 Å². The number of benzene rings is 1. The Labute approximate surface area is 215 Å². The molecule has 3 heterocycles. The van der Waals surface area contributed by atoms with Gasteiger partial charge in [0.05, 0.1) is 19.5 Å². The third-order valence-corrected chi connectivity index (χ3v) is 6.52. The molecule has 0 saturated carbocycles. The molecule has 1 saturated heterocycles. The molecule has 4 rings (SSSR count). The molecule has 1 aromatic carbocycles. The summed E-state index contributed by atoms with van der Waals surface area (Å²) in [5, 5.41) is 24.8. The molecular formula is C25H35N7O5. The topological polar surface area (TPSA) is 161 Å². The Bertz CT molecular complexity index is 1230. The summed E-state index contributed by atoms with van der Waals surface area (Å²) >= 11 is 0. The van der Waals surface area contributed by atoms with Crippen LogP contribution in [0.4, 0.5) is 16.3 Å². The molecule has 0 radical (unpaired) electrons. The number of nitrogens with zero attached hydrogens (tertiary/aromatic N) is 5. The van der Waals surface area contributed by atoms with Crippen LogP contribution in [-0.4, -0.2) is 86.3 Å². The second-order valence-electron chi connectivity index (χ2n) is 10.4. The number of nitrogens with one attached hydrogen (secondary N) is 1. The number of hydrogen-bond donors (Lipinski definition) is 4. The fourth-order valence-electron chi connectivity index (χ4n) is 4.31. The zero-order valence-electron chi connectivity index (χ0n) is 21.6. The zero-order valence-corrected chi connectivity index (χ0v) is 21.6. The van der Waals surface area contributed by atoms with E-state index in [1.54, 1.807) is 0 Å². The monoisotopic (exact) mass is 513 g/mol. The first kappa shape index (κ1) is 26.7. The number of likely N-dealkylation sites (N-methyl/N-ethyl adjacent to an activating group) is 1. The van der Waals surface area contributed by atoms with Crippen molar-refractivity contribution in [1.82, 2.24) is 24.4 Å². The van der Waals surface area contributed by atoms with Crippen LogP contribution >= 0.6 is 0 Å². The fourth-order valence-corrected chi connectivity index (χ4v) is 4.31. The molecule has 1 fully saturated rings. The minimum Gasteiger partial charge on any atom is -0.449 e. The van der Waals surface area contributed by atoms with Crippen molar-refractivity contribution in [3.05, 3.63) is 42.5 Å². The normalized spacial score (nSPS) is 22.0. The summed E-state index contributed by atoms with van der Waals surface area (Å²) in [5.41, 5.74) is 6.64. The maximum absolute atomic E-state index is 12.1. The van der Waals surface area contributed by atoms with E-state index in [2.05, 4.69) is 41.0 Å². The molecule has 12 nitrogen and oxygen atoms in total. The third kappa shape index (κ3) is 5.82. The average molecular weight is 514 g/mol. The molecule has 3 aromatic rings. The van der Waals surface area contributed by atoms with Gasteiger partial charge in [0, 0.05) is 18.8 Å². The summed E-state index contributed by atoms with van der Waals surface area (Å²) in [6.45, 7) is 7.45. The first-order valence-electron chi connectivity index (χ1n) is 12.2. The zero-order chi connectivity index (χ0) is 26.8. The minimum absolute atomic E-state index is 0.0423. The second-order valence-corrected chi connectivity index (χ2v) is 10.4. The summed E-state index contributed by atoms with van der Waals surface area (Å²) in [6.07, 6.45) is 0.848. The molecule has 5 N–H and O–H groups in total. The number of nitrogens with two attached hydrogens (primary N) is 1. The minimum atomic E-state index is -1.74. The van der Waals surface area contributed by atoms with E-state index in [1.165, 1.54) is 22.8 Å². The number of carbonyl (C=O) groups is 1. The molecule has 0 aliphatic carbocycles. The van der Waals surface area contributed by atoms with Crippen molar-refractivity contribution in [2.45, 2.75) is 50.5 Å². The van der Waals surface area contributed by atoms with Crippen LogP contribution in [0.15, 0.2) is 36.9 Å². The van der Waals surface area contributed by atoms with Crippen molar-refractivity contribution >= 4 is 28.8 Å². The Morgan fingerprint density at radius 1 is 1.30 bits per heavy atom. The number of ether oxygens (including phenoxy) is 2. The molecule has 1 amide bonds. The summed E-state index contributed by atoms with van der Waals surface area (Å²) < 4.78 is 12.4. The fraction of sp³-hybridized carbons (Fsp3) is 0.520. The van der Waals surface area contributed by atoms with E-state index in [-0.39, 0.29) is 24.4 Å². The average Bonchev–Trinajstić information content (AvgIpc) is 3.40. The van der Waals surface area contributed by atoms with E-state index in [1.807, 2.05) is 36.2 Å². The van der Waals surface area contributed by atoms with Crippen molar-refractivity contribution in [3.63, 3.8) is 0 Å². The Hall–Kier alpha value is -3.32. The van der Waals surface area contributed by atoms with Gasteiger partial charge in [-0.05, 0) is 36.6 Å². The van der Waals surface area contributed by atoms with E-state index in [4.69, 9.17) is 15.2 Å². The number of nitrogen functional groups attached to an aromatic ring is 1. The van der Waals surface area contributed by atoms with Gasteiger partial charge in [-0.1, -0.05) is 32.9 Å². The number of aliphatic hydroxyl groups is 2. The van der Waals surface area contributed by atoms with E-state index >= 15 is 0 Å². The van der Waals surface area contributed by atoms with Gasteiger partial charge in [0.15, 0.2) is 17.2 Å². The Morgan fingerprint density at radius 3 is 2.73 bits per heavy atom. The van der Waals surface area contributed by atoms with Gasteiger partial charge >= 0.3 is 6.09 Å². The Balaban J connectivity index is 1.22. The summed E-state index contributed by atoms with van der Waals surface area (Å²) in [7, 11) is 1.87. The second kappa shape index (κ2) is 10.6. The molecular weight excluding hydrogens is 478 g/mol. The third-order valence-electron chi connectivity index (χ3n) is 6.52. The highest BCUT2D eigenvalue weighted by Crippen LogP contribution is 2.32. The van der Waals surface area contributed by atoms with Crippen LogP contribution in [0, 0.1) is 0 Å². The van der Waals surface area contributed by atoms with E-state index in [0.29, 0.717) is 36.4 Å². The molecule has 3 unspecified atom stereocenters. The van der Waals surface area contributed by atoms with Crippen LogP contribution in [0.3, 0.4) is 0 Å². The molecule has 200 valence electrons. The quantitative estimate of drug-likeness (QED) is 0.326. The smallest absolute Gasteiger partial charge is 0.411 e. The van der Waals surface area contributed by atoms with Crippen LogP contribution in [0.25, 0.3) is 11.2 Å². The maximum atomic E-state index is 12.1. The molecule has 0 spiro atoms. The van der Waals surface area contributed by atoms with Gasteiger partial charge in [0.25, 0.3) is 0 Å². The Morgan fingerprint density at radius 2 is 2.03 bits per heavy atom. The van der Waals surface area contributed by atoms with E-state index < -0.39 is 24.0 Å². The Kier molecular flexibility index (Phi) is 7.64. The maximum Gasteiger partial charge on any atom is 0.411 e. The molecule has 0 bridgehead atoms. The summed E-state index contributed by atoms with van der Waals surface area (Å²) in [6, 6.07) is 7.70. The van der Waals surface area contributed by atoms with Gasteiger partial charge in [-0.2, -0.15) is 0 Å². The predicted molar refractivity (Wildman–Crippen MR) is 138 cm³/mol. The van der Waals surface area contributed by atoms with Gasteiger partial charge in [-0.3, -0.25) is 9.88 Å². The van der Waals surface area contributed by atoms with Crippen molar-refractivity contribution in [1.29, 1.82) is 0 Å². The van der Waals surface area contributed by atoms with Crippen LogP contribution in [-0.2, 0) is 20.6 Å². The van der Waals surface area contributed by atoms with Gasteiger partial charge in [0.2, 0.25) is 0 Å². The standard InChI is InChI=1S/C25H35N7O5/c1-24(2,3)16-6-8-17(9-7-16)30-23(34)36-11-5-10-31(4)12-18-20(33)25(35,13-37-18)32-15-29-19-21(26)27-14-28-22(19)32/h6-9,14-15,18,20,33,35H,5,10-13H2,1-4H3,(H,30,34)(H2,26,27,28). The van der Waals surface area contributed by atoms with Gasteiger partial charge in [-0.25, -0.2) is 19.7 Å². The SMILES string of the molecule is CN(CCCOC(=O)Nc1ccc(C(C)(C)C)cc1)CC1OCC(O)(n2cnc3c(N)ncnc32)C1O. The number of hydrogen-bond acceptors (Lipinski definition) is 10. The van der Waals surface area contributed by atoms with Crippen molar-refractivity contribution in [2.24, 2.45) is 0 Å². The number of aromatic nitrogens is 4. The molecule has 2 aromatic heterocycles. The molecule has 37 heavy (non-hydrogen) atoms. The lowest BCUT2D eigenvalue weighted by molar-refractivity contribution is -0.108. The van der Waals surface area contributed by atoms with Crippen molar-refractivity contribution < 1.29 is 24.5 Å². The highest BCUT2D eigenvalue weighted by Gasteiger charge is 2.50. The molecule has 3 atom stereocenters. The van der Waals surface area contributed by atoms with Crippen molar-refractivity contribution in [3.8, 4) is 0 Å². The number of imidazole rings is 1. The first-order valence-corrected chi connectivity index (χ1v) is 12.2. The van der Waals surface area contributed by atoms with Crippen LogP contribution in [0.2, 0.25) is 0 Å². The van der Waals surface area contributed by atoms with Crippen LogP contribution < -0.4 is 11.1 Å². The highest BCUT2D eigenvalue weighted by molar-refractivity contribution is 5.84. The van der Waals surface area contributed by atoms with E-state index in [9.17, 15) is 15.0 Å². The lowest BCUT2D eigenvalue weighted by Gasteiger charge is -2.29. The lowest BCUT2D eigenvalue weighted by atomic mass is 9.87. The molecule has 1 aliphatic heterocycles. The molecule has 1 aliphatic rings. The lowest BCUT2D eigenvalue weighted by Crippen LogP contribution is -2.48. The highest BCUT2D eigenvalue weighted by atomic mass is 16.6. The summed E-state index contributed by atoms with van der Waals surface area (Å²) in [4.78, 5) is 26.2. The van der Waals surface area contributed by atoms with E-state index in [0.717, 1.165) is 0 Å². The summed E-state index contributed by atoms with van der Waals surface area (Å²) in [5.74, 6) is 0.186. The number of carbonyl (C=O) groups excluding carboxylic acids is 1. The largest absolute Gasteiger partial charge is 0.449 e. The number of anilines is 2. The first-order chi connectivity index (χ1) is 17.5. The van der Waals surface area contributed by atoms with Crippen LogP contribution in [0.5, 0.6) is 0 Å². The number of fused-ring (bicyclic) bond motifs is 1. The number of rotatable bonds is 8. The van der Waals surface area contributed by atoms with Crippen LogP contribution in [0.1, 0.15) is 32.8 Å². The molecule has 12 heteroatoms.